The molecular formula is C21H23ClN4O3S. The van der Waals surface area contributed by atoms with Crippen LogP contribution in [0.3, 0.4) is 0 Å². The third kappa shape index (κ3) is 4.89. The number of anilines is 1. The summed E-state index contributed by atoms with van der Waals surface area (Å²) in [7, 11) is -2.03. The van der Waals surface area contributed by atoms with Gasteiger partial charge in [0.25, 0.3) is 5.91 Å². The minimum Gasteiger partial charge on any atom is -0.322 e. The van der Waals surface area contributed by atoms with Crippen molar-refractivity contribution in [2.24, 2.45) is 0 Å². The summed E-state index contributed by atoms with van der Waals surface area (Å²) < 4.78 is 28.0. The average molecular weight is 447 g/mol. The van der Waals surface area contributed by atoms with Crippen LogP contribution >= 0.6 is 11.6 Å². The van der Waals surface area contributed by atoms with E-state index >= 15 is 0 Å². The van der Waals surface area contributed by atoms with Crippen LogP contribution < -0.4 is 5.32 Å². The number of rotatable bonds is 7. The fraction of sp³-hybridized carbons (Fsp3) is 0.238. The van der Waals surface area contributed by atoms with Gasteiger partial charge in [-0.2, -0.15) is 9.40 Å². The van der Waals surface area contributed by atoms with E-state index in [1.807, 2.05) is 18.2 Å². The van der Waals surface area contributed by atoms with Crippen LogP contribution in [-0.2, 0) is 16.6 Å². The van der Waals surface area contributed by atoms with Crippen molar-refractivity contribution >= 4 is 33.2 Å². The lowest BCUT2D eigenvalue weighted by molar-refractivity contribution is 0.102. The number of carbonyl (C=O) groups excluding carboxylic acids is 1. The van der Waals surface area contributed by atoms with Crippen LogP contribution in [0.4, 0.5) is 5.69 Å². The summed E-state index contributed by atoms with van der Waals surface area (Å²) in [4.78, 5) is 12.7. The van der Waals surface area contributed by atoms with E-state index in [0.29, 0.717) is 22.8 Å². The van der Waals surface area contributed by atoms with Crippen molar-refractivity contribution in [2.75, 3.05) is 12.4 Å². The molecule has 3 aromatic rings. The summed E-state index contributed by atoms with van der Waals surface area (Å²) in [6.07, 6.45) is 3.11. The van der Waals surface area contributed by atoms with Gasteiger partial charge in [-0.05, 0) is 49.7 Å². The van der Waals surface area contributed by atoms with E-state index in [0.717, 1.165) is 5.56 Å². The lowest BCUT2D eigenvalue weighted by Gasteiger charge is -2.21. The maximum Gasteiger partial charge on any atom is 0.258 e. The quantitative estimate of drug-likeness (QED) is 0.597. The van der Waals surface area contributed by atoms with Gasteiger partial charge < -0.3 is 5.32 Å². The predicted molar refractivity (Wildman–Crippen MR) is 117 cm³/mol. The van der Waals surface area contributed by atoms with Crippen LogP contribution in [0.2, 0.25) is 5.02 Å². The van der Waals surface area contributed by atoms with Gasteiger partial charge >= 0.3 is 0 Å². The van der Waals surface area contributed by atoms with Crippen LogP contribution in [0.25, 0.3) is 0 Å². The smallest absolute Gasteiger partial charge is 0.258 e. The summed E-state index contributed by atoms with van der Waals surface area (Å²) in [5.41, 5.74) is 1.78. The van der Waals surface area contributed by atoms with Crippen LogP contribution in [0, 0.1) is 0 Å². The van der Waals surface area contributed by atoms with Crippen molar-refractivity contribution in [3.05, 3.63) is 77.1 Å². The molecule has 2 aromatic carbocycles. The summed E-state index contributed by atoms with van der Waals surface area (Å²) in [6.45, 7) is 4.05. The molecule has 0 saturated heterocycles. The van der Waals surface area contributed by atoms with Gasteiger partial charge in [0, 0.05) is 30.0 Å². The predicted octanol–water partition coefficient (Wildman–Crippen LogP) is 3.87. The van der Waals surface area contributed by atoms with Crippen molar-refractivity contribution < 1.29 is 13.2 Å². The molecule has 1 heterocycles. The van der Waals surface area contributed by atoms with Gasteiger partial charge in [-0.15, -0.1) is 0 Å². The first kappa shape index (κ1) is 22.0. The van der Waals surface area contributed by atoms with E-state index in [1.165, 1.54) is 29.7 Å². The highest BCUT2D eigenvalue weighted by Crippen LogP contribution is 2.20. The molecule has 0 unspecified atom stereocenters. The second-order valence-electron chi connectivity index (χ2n) is 7.11. The molecule has 0 aliphatic heterocycles. The van der Waals surface area contributed by atoms with Gasteiger partial charge in [0.05, 0.1) is 23.2 Å². The molecule has 0 radical (unpaired) electrons. The van der Waals surface area contributed by atoms with Crippen molar-refractivity contribution in [1.29, 1.82) is 0 Å². The SMILES string of the molecule is CC(C)N(C)S(=O)(=O)c1ccc(NC(=O)c2cnn(Cc3ccccc3Cl)c2)cc1. The molecule has 3 rings (SSSR count). The number of amides is 1. The minimum absolute atomic E-state index is 0.156. The first-order chi connectivity index (χ1) is 14.2. The molecule has 1 amide bonds. The second-order valence-corrected chi connectivity index (χ2v) is 9.52. The molecule has 0 fully saturated rings. The van der Waals surface area contributed by atoms with E-state index in [-0.39, 0.29) is 16.8 Å². The number of aromatic nitrogens is 2. The highest BCUT2D eigenvalue weighted by atomic mass is 35.5. The zero-order valence-electron chi connectivity index (χ0n) is 16.9. The van der Waals surface area contributed by atoms with E-state index in [4.69, 9.17) is 11.6 Å². The molecule has 0 bridgehead atoms. The van der Waals surface area contributed by atoms with E-state index < -0.39 is 10.0 Å². The third-order valence-corrected chi connectivity index (χ3v) is 7.12. The highest BCUT2D eigenvalue weighted by Gasteiger charge is 2.23. The summed E-state index contributed by atoms with van der Waals surface area (Å²) in [5.74, 6) is -0.338. The molecule has 30 heavy (non-hydrogen) atoms. The monoisotopic (exact) mass is 446 g/mol. The molecule has 0 aliphatic carbocycles. The van der Waals surface area contributed by atoms with E-state index in [9.17, 15) is 13.2 Å². The Balaban J connectivity index is 1.68. The van der Waals surface area contributed by atoms with Gasteiger partial charge in [0.2, 0.25) is 10.0 Å². The Morgan fingerprint density at radius 2 is 1.83 bits per heavy atom. The summed E-state index contributed by atoms with van der Waals surface area (Å²) in [5, 5.41) is 7.60. The fourth-order valence-corrected chi connectivity index (χ4v) is 4.29. The lowest BCUT2D eigenvalue weighted by atomic mass is 10.2. The molecule has 0 spiro atoms. The van der Waals surface area contributed by atoms with Crippen LogP contribution in [0.5, 0.6) is 0 Å². The number of halogens is 1. The maximum atomic E-state index is 12.5. The zero-order valence-corrected chi connectivity index (χ0v) is 18.5. The molecular weight excluding hydrogens is 424 g/mol. The van der Waals surface area contributed by atoms with Crippen molar-refractivity contribution in [1.82, 2.24) is 14.1 Å². The molecule has 1 N–H and O–H groups in total. The molecule has 7 nitrogen and oxygen atoms in total. The molecule has 1 aromatic heterocycles. The number of carbonyl (C=O) groups is 1. The number of hydrogen-bond acceptors (Lipinski definition) is 4. The van der Waals surface area contributed by atoms with Crippen LogP contribution in [0.1, 0.15) is 29.8 Å². The normalized spacial score (nSPS) is 11.8. The summed E-state index contributed by atoms with van der Waals surface area (Å²) in [6, 6.07) is 13.4. The second kappa shape index (κ2) is 8.99. The Morgan fingerprint density at radius 1 is 1.17 bits per heavy atom. The number of sulfonamides is 1. The number of hydrogen-bond donors (Lipinski definition) is 1. The molecule has 9 heteroatoms. The van der Waals surface area contributed by atoms with E-state index in [1.54, 1.807) is 42.9 Å². The molecule has 0 saturated carbocycles. The van der Waals surface area contributed by atoms with Gasteiger partial charge in [0.1, 0.15) is 0 Å². The zero-order chi connectivity index (χ0) is 21.9. The first-order valence-corrected chi connectivity index (χ1v) is 11.2. The minimum atomic E-state index is -3.57. The van der Waals surface area contributed by atoms with Crippen molar-refractivity contribution in [3.63, 3.8) is 0 Å². The van der Waals surface area contributed by atoms with Gasteiger partial charge in [0.15, 0.2) is 0 Å². The Bertz CT molecular complexity index is 1140. The van der Waals surface area contributed by atoms with E-state index in [2.05, 4.69) is 10.4 Å². The fourth-order valence-electron chi connectivity index (χ4n) is 2.73. The Labute approximate surface area is 181 Å². The lowest BCUT2D eigenvalue weighted by Crippen LogP contribution is -2.33. The van der Waals surface area contributed by atoms with Gasteiger partial charge in [-0.3, -0.25) is 9.48 Å². The van der Waals surface area contributed by atoms with Crippen molar-refractivity contribution in [2.45, 2.75) is 31.3 Å². The first-order valence-electron chi connectivity index (χ1n) is 9.34. The third-order valence-electron chi connectivity index (χ3n) is 4.70. The Morgan fingerprint density at radius 3 is 2.47 bits per heavy atom. The largest absolute Gasteiger partial charge is 0.322 e. The number of nitrogens with zero attached hydrogens (tertiary/aromatic N) is 3. The van der Waals surface area contributed by atoms with Gasteiger partial charge in [-0.25, -0.2) is 8.42 Å². The standard InChI is InChI=1S/C21H23ClN4O3S/c1-15(2)25(3)30(28,29)19-10-8-18(9-11-19)24-21(27)17-12-23-26(14-17)13-16-6-4-5-7-20(16)22/h4-12,14-15H,13H2,1-3H3,(H,24,27). The van der Waals surface area contributed by atoms with Crippen molar-refractivity contribution in [3.8, 4) is 0 Å². The molecule has 0 aliphatic rings. The van der Waals surface area contributed by atoms with Crippen LogP contribution in [0.15, 0.2) is 65.8 Å². The Kier molecular flexibility index (Phi) is 6.60. The van der Waals surface area contributed by atoms with Crippen LogP contribution in [-0.4, -0.2) is 41.5 Å². The number of benzene rings is 2. The summed E-state index contributed by atoms with van der Waals surface area (Å²) >= 11 is 6.17. The molecule has 158 valence electrons. The maximum absolute atomic E-state index is 12.5. The Hall–Kier alpha value is -2.68. The molecule has 0 atom stereocenters. The van der Waals surface area contributed by atoms with Gasteiger partial charge in [-0.1, -0.05) is 29.8 Å². The average Bonchev–Trinajstić information content (AvgIpc) is 3.18. The topological polar surface area (TPSA) is 84.3 Å². The highest BCUT2D eigenvalue weighted by molar-refractivity contribution is 7.89. The number of nitrogens with one attached hydrogen (secondary N) is 1.